The Balaban J connectivity index is 1.78. The van der Waals surface area contributed by atoms with Crippen LogP contribution in [0, 0.1) is 0 Å². The Labute approximate surface area is 120 Å². The average molecular weight is 282 g/mol. The summed E-state index contributed by atoms with van der Waals surface area (Å²) < 4.78 is 2.22. The molecule has 0 unspecified atom stereocenters. The molecule has 3 aromatic rings. The Kier molecular flexibility index (Phi) is 2.60. The van der Waals surface area contributed by atoms with Crippen molar-refractivity contribution in [3.05, 3.63) is 52.0 Å². The van der Waals surface area contributed by atoms with Crippen LogP contribution in [0.5, 0.6) is 0 Å². The Morgan fingerprint density at radius 2 is 2.20 bits per heavy atom. The first kappa shape index (κ1) is 11.7. The zero-order valence-corrected chi connectivity index (χ0v) is 11.7. The van der Waals surface area contributed by atoms with Crippen LogP contribution in [-0.4, -0.2) is 14.8 Å². The van der Waals surface area contributed by atoms with Gasteiger partial charge in [0.2, 0.25) is 0 Å². The van der Waals surface area contributed by atoms with Crippen molar-refractivity contribution in [2.24, 2.45) is 0 Å². The molecule has 0 saturated heterocycles. The number of rotatable bonds is 2. The Hall–Kier alpha value is -2.14. The molecule has 0 saturated carbocycles. The number of nitrogens with zero attached hydrogens (tertiary/aromatic N) is 3. The number of hydrogen-bond donors (Lipinski definition) is 1. The van der Waals surface area contributed by atoms with Crippen molar-refractivity contribution in [2.45, 2.75) is 19.4 Å². The van der Waals surface area contributed by atoms with E-state index in [1.807, 2.05) is 12.1 Å². The van der Waals surface area contributed by atoms with Crippen molar-refractivity contribution in [3.8, 4) is 11.4 Å². The molecule has 100 valence electrons. The van der Waals surface area contributed by atoms with Gasteiger partial charge in [0.1, 0.15) is 5.82 Å². The van der Waals surface area contributed by atoms with E-state index < -0.39 is 0 Å². The van der Waals surface area contributed by atoms with Crippen molar-refractivity contribution in [2.75, 3.05) is 5.73 Å². The highest BCUT2D eigenvalue weighted by atomic mass is 32.1. The smallest absolute Gasteiger partial charge is 0.164 e. The summed E-state index contributed by atoms with van der Waals surface area (Å²) in [5.41, 5.74) is 9.11. The van der Waals surface area contributed by atoms with Crippen LogP contribution >= 0.6 is 11.3 Å². The molecular weight excluding hydrogens is 268 g/mol. The first-order valence-electron chi connectivity index (χ1n) is 6.64. The minimum atomic E-state index is 0.778. The van der Waals surface area contributed by atoms with Gasteiger partial charge in [0.05, 0.1) is 0 Å². The maximum absolute atomic E-state index is 5.90. The molecular formula is C15H14N4S. The van der Waals surface area contributed by atoms with Gasteiger partial charge in [-0.2, -0.15) is 0 Å². The third-order valence-electron chi connectivity index (χ3n) is 3.72. The highest BCUT2D eigenvalue weighted by Gasteiger charge is 2.21. The van der Waals surface area contributed by atoms with E-state index >= 15 is 0 Å². The van der Waals surface area contributed by atoms with E-state index in [0.717, 1.165) is 42.3 Å². The fourth-order valence-electron chi connectivity index (χ4n) is 2.72. The Morgan fingerprint density at radius 1 is 1.25 bits per heavy atom. The van der Waals surface area contributed by atoms with Crippen LogP contribution in [-0.2, 0) is 19.4 Å². The van der Waals surface area contributed by atoms with Gasteiger partial charge in [0.25, 0.3) is 0 Å². The molecule has 1 aliphatic rings. The zero-order chi connectivity index (χ0) is 13.5. The highest BCUT2D eigenvalue weighted by molar-refractivity contribution is 7.09. The Bertz CT molecular complexity index is 758. The molecule has 2 aromatic heterocycles. The number of nitrogen functional groups attached to an aromatic ring is 1. The predicted octanol–water partition coefficient (Wildman–Crippen LogP) is 2.74. The fourth-order valence-corrected chi connectivity index (χ4v) is 3.42. The van der Waals surface area contributed by atoms with Crippen molar-refractivity contribution in [1.82, 2.24) is 14.8 Å². The maximum Gasteiger partial charge on any atom is 0.164 e. The molecule has 0 bridgehead atoms. The fraction of sp³-hybridized carbons (Fsp3) is 0.200. The molecule has 0 atom stereocenters. The summed E-state index contributed by atoms with van der Waals surface area (Å²) >= 11 is 1.76. The quantitative estimate of drug-likeness (QED) is 0.735. The number of benzene rings is 1. The summed E-state index contributed by atoms with van der Waals surface area (Å²) in [6, 6.07) is 10.3. The maximum atomic E-state index is 5.90. The van der Waals surface area contributed by atoms with E-state index in [9.17, 15) is 0 Å². The lowest BCUT2D eigenvalue weighted by Crippen LogP contribution is -2.14. The van der Waals surface area contributed by atoms with E-state index in [1.54, 1.807) is 11.3 Å². The number of hydrogen-bond acceptors (Lipinski definition) is 4. The SMILES string of the molecule is Nc1ccc2c(c1)-c1nnc(Cc3cccs3)n1CC2. The van der Waals surface area contributed by atoms with Gasteiger partial charge < -0.3 is 10.3 Å². The molecule has 3 heterocycles. The van der Waals surface area contributed by atoms with E-state index in [-0.39, 0.29) is 0 Å². The van der Waals surface area contributed by atoms with E-state index in [0.29, 0.717) is 0 Å². The summed E-state index contributed by atoms with van der Waals surface area (Å²) in [4.78, 5) is 1.32. The van der Waals surface area contributed by atoms with Crippen molar-refractivity contribution in [3.63, 3.8) is 0 Å². The van der Waals surface area contributed by atoms with Gasteiger partial charge in [-0.25, -0.2) is 0 Å². The molecule has 1 aliphatic heterocycles. The lowest BCUT2D eigenvalue weighted by Gasteiger charge is -2.18. The van der Waals surface area contributed by atoms with Crippen molar-refractivity contribution in [1.29, 1.82) is 0 Å². The van der Waals surface area contributed by atoms with Gasteiger partial charge in [0.15, 0.2) is 5.82 Å². The van der Waals surface area contributed by atoms with Gasteiger partial charge >= 0.3 is 0 Å². The topological polar surface area (TPSA) is 56.7 Å². The monoisotopic (exact) mass is 282 g/mol. The Morgan fingerprint density at radius 3 is 3.05 bits per heavy atom. The lowest BCUT2D eigenvalue weighted by molar-refractivity contribution is 0.652. The predicted molar refractivity (Wildman–Crippen MR) is 80.7 cm³/mol. The van der Waals surface area contributed by atoms with Crippen molar-refractivity contribution < 1.29 is 0 Å². The summed E-state index contributed by atoms with van der Waals surface area (Å²) in [5, 5.41) is 10.9. The second-order valence-corrected chi connectivity index (χ2v) is 6.05. The number of fused-ring (bicyclic) bond motifs is 3. The standard InChI is InChI=1S/C15H14N4S/c16-11-4-3-10-5-6-19-14(9-12-2-1-7-20-12)17-18-15(19)13(10)8-11/h1-4,7-8H,5-6,9,16H2. The van der Waals surface area contributed by atoms with Crippen LogP contribution in [0.2, 0.25) is 0 Å². The van der Waals surface area contributed by atoms with Gasteiger partial charge in [-0.05, 0) is 35.6 Å². The molecule has 0 fully saturated rings. The van der Waals surface area contributed by atoms with E-state index in [2.05, 4.69) is 38.3 Å². The van der Waals surface area contributed by atoms with Crippen LogP contribution in [0.3, 0.4) is 0 Å². The van der Waals surface area contributed by atoms with Crippen LogP contribution in [0.1, 0.15) is 16.3 Å². The second-order valence-electron chi connectivity index (χ2n) is 5.01. The molecule has 0 radical (unpaired) electrons. The summed E-state index contributed by atoms with van der Waals surface area (Å²) in [7, 11) is 0. The summed E-state index contributed by atoms with van der Waals surface area (Å²) in [6.07, 6.45) is 1.86. The molecule has 1 aromatic carbocycles. The van der Waals surface area contributed by atoms with Crippen molar-refractivity contribution >= 4 is 17.0 Å². The lowest BCUT2D eigenvalue weighted by atomic mass is 10.00. The molecule has 4 rings (SSSR count). The highest BCUT2D eigenvalue weighted by Crippen LogP contribution is 2.30. The molecule has 5 heteroatoms. The number of aromatic nitrogens is 3. The number of aryl methyl sites for hydroxylation is 1. The zero-order valence-electron chi connectivity index (χ0n) is 10.9. The summed E-state index contributed by atoms with van der Waals surface area (Å²) in [6.45, 7) is 0.944. The summed E-state index contributed by atoms with van der Waals surface area (Å²) in [5.74, 6) is 1.99. The number of nitrogens with two attached hydrogens (primary N) is 1. The molecule has 20 heavy (non-hydrogen) atoms. The van der Waals surface area contributed by atoms with E-state index in [1.165, 1.54) is 10.4 Å². The average Bonchev–Trinajstić information content (AvgIpc) is 3.09. The third kappa shape index (κ3) is 1.82. The number of thiophene rings is 1. The van der Waals surface area contributed by atoms with Crippen LogP contribution in [0.15, 0.2) is 35.7 Å². The molecule has 0 aliphatic carbocycles. The number of anilines is 1. The van der Waals surface area contributed by atoms with E-state index in [4.69, 9.17) is 5.73 Å². The minimum Gasteiger partial charge on any atom is -0.399 e. The molecule has 4 nitrogen and oxygen atoms in total. The first-order chi connectivity index (χ1) is 9.81. The molecule has 0 amide bonds. The van der Waals surface area contributed by atoms with Gasteiger partial charge in [-0.1, -0.05) is 12.1 Å². The van der Waals surface area contributed by atoms with Crippen LogP contribution in [0.4, 0.5) is 5.69 Å². The van der Waals surface area contributed by atoms with Gasteiger partial charge in [-0.15, -0.1) is 21.5 Å². The molecule has 0 spiro atoms. The molecule has 2 N–H and O–H groups in total. The van der Waals surface area contributed by atoms with Gasteiger partial charge in [-0.3, -0.25) is 0 Å². The first-order valence-corrected chi connectivity index (χ1v) is 7.52. The second kappa shape index (κ2) is 4.45. The van der Waals surface area contributed by atoms with Crippen LogP contribution < -0.4 is 5.73 Å². The largest absolute Gasteiger partial charge is 0.399 e. The third-order valence-corrected chi connectivity index (χ3v) is 4.60. The normalized spacial score (nSPS) is 13.0. The van der Waals surface area contributed by atoms with Crippen LogP contribution in [0.25, 0.3) is 11.4 Å². The van der Waals surface area contributed by atoms with Gasteiger partial charge in [0, 0.05) is 29.1 Å². The minimum absolute atomic E-state index is 0.778.